The summed E-state index contributed by atoms with van der Waals surface area (Å²) < 4.78 is 2.54. The minimum Gasteiger partial charge on any atom is -0.321 e. The molecule has 0 radical (unpaired) electrons. The predicted octanol–water partition coefficient (Wildman–Crippen LogP) is 5.43. The van der Waals surface area contributed by atoms with Gasteiger partial charge in [-0.2, -0.15) is 5.10 Å². The van der Waals surface area contributed by atoms with Gasteiger partial charge in [0.05, 0.1) is 26.7 Å². The van der Waals surface area contributed by atoms with Gasteiger partial charge in [0.15, 0.2) is 5.69 Å². The summed E-state index contributed by atoms with van der Waals surface area (Å²) in [5.74, 6) is -0.348. The van der Waals surface area contributed by atoms with Crippen LogP contribution in [0.4, 0.5) is 5.69 Å². The van der Waals surface area contributed by atoms with Crippen molar-refractivity contribution >= 4 is 43.9 Å². The van der Waals surface area contributed by atoms with Gasteiger partial charge >= 0.3 is 0 Å². The second-order valence-corrected chi connectivity index (χ2v) is 9.26. The number of carbonyl (C=O) groups excluding carboxylic acids is 1. The van der Waals surface area contributed by atoms with E-state index in [-0.39, 0.29) is 23.2 Å². The van der Waals surface area contributed by atoms with Crippen molar-refractivity contribution in [3.05, 3.63) is 99.4 Å². The number of carbonyl (C=O) groups is 1. The van der Waals surface area contributed by atoms with E-state index in [0.717, 1.165) is 22.5 Å². The minimum atomic E-state index is -0.348. The molecule has 2 heterocycles. The Morgan fingerprint density at radius 2 is 1.67 bits per heavy atom. The van der Waals surface area contributed by atoms with Gasteiger partial charge < -0.3 is 5.32 Å². The highest BCUT2D eigenvalue weighted by Crippen LogP contribution is 2.24. The summed E-state index contributed by atoms with van der Waals surface area (Å²) >= 11 is 1.69. The number of nitrogens with one attached hydrogen (secondary N) is 1. The number of fused-ring (bicyclic) bond motifs is 2. The van der Waals surface area contributed by atoms with Crippen molar-refractivity contribution in [2.45, 2.75) is 26.3 Å². The normalized spacial score (nSPS) is 11.4. The third-order valence-electron chi connectivity index (χ3n) is 5.44. The van der Waals surface area contributed by atoms with Crippen LogP contribution < -0.4 is 10.9 Å². The average Bonchev–Trinajstić information content (AvgIpc) is 3.23. The SMILES string of the molecule is CC(C)n1nc(C(=O)Nc2ccc(Cc3nc4ccccc4s3)cc2)c2ccccc2c1=O. The minimum absolute atomic E-state index is 0.157. The van der Waals surface area contributed by atoms with Crippen LogP contribution in [-0.2, 0) is 6.42 Å². The maximum absolute atomic E-state index is 13.1. The summed E-state index contributed by atoms with van der Waals surface area (Å²) in [6.07, 6.45) is 0.735. The van der Waals surface area contributed by atoms with Crippen LogP contribution in [-0.4, -0.2) is 20.7 Å². The number of benzene rings is 3. The first kappa shape index (κ1) is 21.0. The highest BCUT2D eigenvalue weighted by Gasteiger charge is 2.18. The summed E-state index contributed by atoms with van der Waals surface area (Å²) in [6, 6.07) is 22.8. The van der Waals surface area contributed by atoms with Crippen LogP contribution in [0, 0.1) is 0 Å². The molecule has 3 aromatic carbocycles. The lowest BCUT2D eigenvalue weighted by molar-refractivity contribution is 0.102. The largest absolute Gasteiger partial charge is 0.321 e. The molecule has 164 valence electrons. The van der Waals surface area contributed by atoms with Gasteiger partial charge in [-0.05, 0) is 49.7 Å². The molecule has 0 saturated carbocycles. The molecule has 0 bridgehead atoms. The molecule has 2 aromatic heterocycles. The first-order valence-electron chi connectivity index (χ1n) is 10.8. The van der Waals surface area contributed by atoms with Crippen molar-refractivity contribution in [3.8, 4) is 0 Å². The molecule has 0 spiro atoms. The molecule has 0 aliphatic heterocycles. The summed E-state index contributed by atoms with van der Waals surface area (Å²) in [5.41, 5.74) is 2.84. The third-order valence-corrected chi connectivity index (χ3v) is 6.47. The van der Waals surface area contributed by atoms with E-state index in [1.807, 2.05) is 56.3 Å². The molecule has 1 N–H and O–H groups in total. The first-order chi connectivity index (χ1) is 16.0. The molecule has 0 aliphatic rings. The van der Waals surface area contributed by atoms with Gasteiger partial charge in [0.25, 0.3) is 11.5 Å². The quantitative estimate of drug-likeness (QED) is 0.384. The molecular weight excluding hydrogens is 432 g/mol. The van der Waals surface area contributed by atoms with Crippen molar-refractivity contribution in [2.75, 3.05) is 5.32 Å². The fourth-order valence-electron chi connectivity index (χ4n) is 3.79. The Morgan fingerprint density at radius 3 is 2.39 bits per heavy atom. The standard InChI is InChI=1S/C26H22N4O2S/c1-16(2)30-26(32)20-8-4-3-7-19(20)24(29-30)25(31)27-18-13-11-17(12-14-18)15-23-28-21-9-5-6-10-22(21)33-23/h3-14,16H,15H2,1-2H3,(H,27,31). The van der Waals surface area contributed by atoms with Crippen LogP contribution >= 0.6 is 11.3 Å². The number of amides is 1. The van der Waals surface area contributed by atoms with E-state index < -0.39 is 0 Å². The lowest BCUT2D eigenvalue weighted by Gasteiger charge is -2.13. The molecule has 0 saturated heterocycles. The van der Waals surface area contributed by atoms with Crippen LogP contribution in [0.1, 0.15) is 40.9 Å². The topological polar surface area (TPSA) is 76.9 Å². The van der Waals surface area contributed by atoms with E-state index in [4.69, 9.17) is 0 Å². The fourth-order valence-corrected chi connectivity index (χ4v) is 4.79. The molecule has 0 atom stereocenters. The molecule has 1 amide bonds. The van der Waals surface area contributed by atoms with Crippen molar-refractivity contribution < 1.29 is 4.79 Å². The zero-order chi connectivity index (χ0) is 22.9. The van der Waals surface area contributed by atoms with Gasteiger partial charge in [0.1, 0.15) is 0 Å². The van der Waals surface area contributed by atoms with Crippen LogP contribution in [0.3, 0.4) is 0 Å². The van der Waals surface area contributed by atoms with E-state index in [0.29, 0.717) is 16.5 Å². The second kappa shape index (κ2) is 8.60. The lowest BCUT2D eigenvalue weighted by atomic mass is 10.1. The molecule has 5 aromatic rings. The maximum atomic E-state index is 13.1. The zero-order valence-electron chi connectivity index (χ0n) is 18.3. The maximum Gasteiger partial charge on any atom is 0.276 e. The summed E-state index contributed by atoms with van der Waals surface area (Å²) in [4.78, 5) is 30.5. The number of thiazole rings is 1. The number of hydrogen-bond acceptors (Lipinski definition) is 5. The van der Waals surface area contributed by atoms with Crippen molar-refractivity contribution in [3.63, 3.8) is 0 Å². The average molecular weight is 455 g/mol. The molecular formula is C26H22N4O2S. The van der Waals surface area contributed by atoms with E-state index in [1.165, 1.54) is 9.38 Å². The Labute approximate surface area is 194 Å². The van der Waals surface area contributed by atoms with Crippen molar-refractivity contribution in [1.29, 1.82) is 0 Å². The molecule has 0 aliphatic carbocycles. The Kier molecular flexibility index (Phi) is 5.48. The van der Waals surface area contributed by atoms with E-state index >= 15 is 0 Å². The second-order valence-electron chi connectivity index (χ2n) is 8.14. The van der Waals surface area contributed by atoms with Crippen LogP contribution in [0.5, 0.6) is 0 Å². The van der Waals surface area contributed by atoms with E-state index in [9.17, 15) is 9.59 Å². The first-order valence-corrected chi connectivity index (χ1v) is 11.6. The van der Waals surface area contributed by atoms with Gasteiger partial charge in [-0.3, -0.25) is 9.59 Å². The molecule has 7 heteroatoms. The van der Waals surface area contributed by atoms with Crippen molar-refractivity contribution in [2.24, 2.45) is 0 Å². The van der Waals surface area contributed by atoms with Gasteiger partial charge in [-0.1, -0.05) is 42.5 Å². The highest BCUT2D eigenvalue weighted by molar-refractivity contribution is 7.18. The zero-order valence-corrected chi connectivity index (χ0v) is 19.1. The van der Waals surface area contributed by atoms with Gasteiger partial charge in [-0.25, -0.2) is 9.67 Å². The number of nitrogens with zero attached hydrogens (tertiary/aromatic N) is 3. The van der Waals surface area contributed by atoms with Gasteiger partial charge in [-0.15, -0.1) is 11.3 Å². The molecule has 33 heavy (non-hydrogen) atoms. The summed E-state index contributed by atoms with van der Waals surface area (Å²) in [7, 11) is 0. The number of aromatic nitrogens is 3. The Bertz CT molecular complexity index is 1500. The summed E-state index contributed by atoms with van der Waals surface area (Å²) in [6.45, 7) is 3.74. The van der Waals surface area contributed by atoms with E-state index in [2.05, 4.69) is 21.5 Å². The fraction of sp³-hybridized carbons (Fsp3) is 0.154. The molecule has 6 nitrogen and oxygen atoms in total. The van der Waals surface area contributed by atoms with Gasteiger partial charge in [0, 0.05) is 17.5 Å². The monoisotopic (exact) mass is 454 g/mol. The predicted molar refractivity (Wildman–Crippen MR) is 133 cm³/mol. The summed E-state index contributed by atoms with van der Waals surface area (Å²) in [5, 5.41) is 9.38. The van der Waals surface area contributed by atoms with E-state index in [1.54, 1.807) is 35.6 Å². The van der Waals surface area contributed by atoms with Crippen LogP contribution in [0.2, 0.25) is 0 Å². The lowest BCUT2D eigenvalue weighted by Crippen LogP contribution is -2.28. The number of para-hydroxylation sites is 1. The van der Waals surface area contributed by atoms with Crippen LogP contribution in [0.15, 0.2) is 77.6 Å². The highest BCUT2D eigenvalue weighted by atomic mass is 32.1. The third kappa shape index (κ3) is 4.15. The van der Waals surface area contributed by atoms with Gasteiger partial charge in [0.2, 0.25) is 0 Å². The Hall–Kier alpha value is -3.84. The number of rotatable bonds is 5. The number of anilines is 1. The Morgan fingerprint density at radius 1 is 0.970 bits per heavy atom. The van der Waals surface area contributed by atoms with Crippen LogP contribution in [0.25, 0.3) is 21.0 Å². The molecule has 5 rings (SSSR count). The molecule has 0 fully saturated rings. The smallest absolute Gasteiger partial charge is 0.276 e. The Balaban J connectivity index is 1.38. The number of hydrogen-bond donors (Lipinski definition) is 1. The van der Waals surface area contributed by atoms with Crippen molar-refractivity contribution in [1.82, 2.24) is 14.8 Å². The molecule has 0 unspecified atom stereocenters.